The maximum atomic E-state index is 12.9. The number of carbonyl (C=O) groups is 2. The Labute approximate surface area is 162 Å². The molecule has 0 bridgehead atoms. The number of hydrogen-bond donors (Lipinski definition) is 1. The van der Waals surface area contributed by atoms with Gasteiger partial charge in [-0.15, -0.1) is 0 Å². The summed E-state index contributed by atoms with van der Waals surface area (Å²) in [5.41, 5.74) is 1.27. The van der Waals surface area contributed by atoms with Crippen LogP contribution < -0.4 is 11.0 Å². The lowest BCUT2D eigenvalue weighted by molar-refractivity contribution is 0.0706. The molecule has 0 saturated carbocycles. The number of rotatable bonds is 1. The van der Waals surface area contributed by atoms with Gasteiger partial charge in [0.05, 0.1) is 17.3 Å². The first kappa shape index (κ1) is 17.4. The zero-order chi connectivity index (χ0) is 18.4. The first-order chi connectivity index (χ1) is 12.5. The Balaban J connectivity index is 1.69. The highest BCUT2D eigenvalue weighted by atomic mass is 79.9. The summed E-state index contributed by atoms with van der Waals surface area (Å²) < 4.78 is 3.86. The molecule has 7 nitrogen and oxygen atoms in total. The molecule has 0 unspecified atom stereocenters. The van der Waals surface area contributed by atoms with E-state index in [1.807, 2.05) is 0 Å². The van der Waals surface area contributed by atoms with Crippen molar-refractivity contribution in [1.82, 2.24) is 19.4 Å². The molecule has 1 aromatic heterocycles. The zero-order valence-corrected chi connectivity index (χ0v) is 16.1. The Bertz CT molecular complexity index is 981. The van der Waals surface area contributed by atoms with Gasteiger partial charge in [-0.3, -0.25) is 18.7 Å². The molecule has 9 heteroatoms. The predicted octanol–water partition coefficient (Wildman–Crippen LogP) is 1.86. The van der Waals surface area contributed by atoms with E-state index < -0.39 is 0 Å². The second-order valence-electron chi connectivity index (χ2n) is 6.35. The van der Waals surface area contributed by atoms with Crippen LogP contribution in [0.2, 0.25) is 5.02 Å². The molecule has 0 radical (unpaired) electrons. The van der Waals surface area contributed by atoms with Gasteiger partial charge in [0.15, 0.2) is 0 Å². The number of benzene rings is 1. The quantitative estimate of drug-likeness (QED) is 0.737. The lowest BCUT2D eigenvalue weighted by Crippen LogP contribution is -2.41. The van der Waals surface area contributed by atoms with E-state index in [1.165, 1.54) is 4.57 Å². The molecule has 2 aliphatic heterocycles. The molecule has 26 heavy (non-hydrogen) atoms. The van der Waals surface area contributed by atoms with Gasteiger partial charge in [-0.1, -0.05) is 11.6 Å². The highest BCUT2D eigenvalue weighted by molar-refractivity contribution is 9.10. The molecule has 3 heterocycles. The Morgan fingerprint density at radius 1 is 1.15 bits per heavy atom. The van der Waals surface area contributed by atoms with Crippen LogP contribution in [0.25, 0.3) is 0 Å². The van der Waals surface area contributed by atoms with Crippen molar-refractivity contribution in [2.75, 3.05) is 13.1 Å². The van der Waals surface area contributed by atoms with Crippen molar-refractivity contribution in [1.29, 1.82) is 0 Å². The van der Waals surface area contributed by atoms with E-state index in [1.54, 1.807) is 27.7 Å². The number of halogens is 2. The standard InChI is InChI=1S/C17H16BrClN4O3/c18-11-3-2-10(8-12(11)19)16(25)21-6-7-22-13(9-21)14-15(24)20-4-1-5-23(14)17(22)26/h2-3,8H,1,4-7,9H2,(H,20,24). The van der Waals surface area contributed by atoms with Crippen LogP contribution in [-0.4, -0.2) is 38.9 Å². The van der Waals surface area contributed by atoms with Crippen LogP contribution in [-0.2, 0) is 19.6 Å². The SMILES string of the molecule is O=C1NCCCn2c1c1n(c2=O)CCN(C(=O)c2ccc(Br)c(Cl)c2)C1. The largest absolute Gasteiger partial charge is 0.351 e. The van der Waals surface area contributed by atoms with Crippen molar-refractivity contribution in [2.24, 2.45) is 0 Å². The molecule has 0 spiro atoms. The third kappa shape index (κ3) is 2.77. The number of amides is 2. The van der Waals surface area contributed by atoms with Gasteiger partial charge in [0.1, 0.15) is 5.69 Å². The van der Waals surface area contributed by atoms with E-state index >= 15 is 0 Å². The van der Waals surface area contributed by atoms with Crippen molar-refractivity contribution in [3.8, 4) is 0 Å². The number of nitrogens with zero attached hydrogens (tertiary/aromatic N) is 3. The summed E-state index contributed by atoms with van der Waals surface area (Å²) in [5, 5.41) is 3.28. The van der Waals surface area contributed by atoms with E-state index in [-0.39, 0.29) is 24.0 Å². The van der Waals surface area contributed by atoms with E-state index in [4.69, 9.17) is 11.6 Å². The molecule has 1 aromatic carbocycles. The normalized spacial score (nSPS) is 16.5. The smallest absolute Gasteiger partial charge is 0.329 e. The molecule has 136 valence electrons. The molecule has 0 fully saturated rings. The van der Waals surface area contributed by atoms with Gasteiger partial charge in [0.2, 0.25) is 0 Å². The Kier molecular flexibility index (Phi) is 4.40. The van der Waals surface area contributed by atoms with Gasteiger partial charge in [-0.2, -0.15) is 0 Å². The third-order valence-electron chi connectivity index (χ3n) is 4.78. The number of fused-ring (bicyclic) bond motifs is 3. The summed E-state index contributed by atoms with van der Waals surface area (Å²) in [6.45, 7) is 2.04. The molecule has 2 amide bonds. The fraction of sp³-hybridized carbons (Fsp3) is 0.353. The summed E-state index contributed by atoms with van der Waals surface area (Å²) >= 11 is 9.41. The highest BCUT2D eigenvalue weighted by Gasteiger charge is 2.32. The maximum absolute atomic E-state index is 12.9. The molecule has 2 aromatic rings. The van der Waals surface area contributed by atoms with Gasteiger partial charge >= 0.3 is 5.69 Å². The monoisotopic (exact) mass is 438 g/mol. The molecule has 0 aliphatic carbocycles. The predicted molar refractivity (Wildman–Crippen MR) is 99.5 cm³/mol. The van der Waals surface area contributed by atoms with Crippen LogP contribution in [0.4, 0.5) is 0 Å². The number of carbonyl (C=O) groups excluding carboxylic acids is 2. The van der Waals surface area contributed by atoms with Crippen LogP contribution >= 0.6 is 27.5 Å². The summed E-state index contributed by atoms with van der Waals surface area (Å²) in [5.74, 6) is -0.429. The van der Waals surface area contributed by atoms with Gasteiger partial charge in [-0.05, 0) is 40.5 Å². The van der Waals surface area contributed by atoms with E-state index in [0.717, 1.165) is 4.47 Å². The topological polar surface area (TPSA) is 76.3 Å². The summed E-state index contributed by atoms with van der Waals surface area (Å²) in [7, 11) is 0. The lowest BCUT2D eigenvalue weighted by Gasteiger charge is -2.28. The van der Waals surface area contributed by atoms with Crippen LogP contribution in [0.3, 0.4) is 0 Å². The average molecular weight is 440 g/mol. The summed E-state index contributed by atoms with van der Waals surface area (Å²) in [6.07, 6.45) is 0.710. The summed E-state index contributed by atoms with van der Waals surface area (Å²) in [6, 6.07) is 5.04. The second-order valence-corrected chi connectivity index (χ2v) is 7.61. The molecule has 2 aliphatic rings. The zero-order valence-electron chi connectivity index (χ0n) is 13.8. The van der Waals surface area contributed by atoms with Crippen molar-refractivity contribution in [2.45, 2.75) is 26.1 Å². The first-order valence-electron chi connectivity index (χ1n) is 8.32. The Morgan fingerprint density at radius 3 is 2.73 bits per heavy atom. The van der Waals surface area contributed by atoms with Crippen LogP contribution in [0.5, 0.6) is 0 Å². The highest BCUT2D eigenvalue weighted by Crippen LogP contribution is 2.25. The van der Waals surface area contributed by atoms with Crippen LogP contribution in [0.15, 0.2) is 27.5 Å². The molecular weight excluding hydrogens is 424 g/mol. The second kappa shape index (κ2) is 6.59. The minimum Gasteiger partial charge on any atom is -0.351 e. The van der Waals surface area contributed by atoms with Crippen molar-refractivity contribution >= 4 is 39.3 Å². The maximum Gasteiger partial charge on any atom is 0.329 e. The minimum atomic E-state index is -0.255. The molecule has 0 saturated heterocycles. The number of hydrogen-bond acceptors (Lipinski definition) is 3. The number of aromatic nitrogens is 2. The van der Waals surface area contributed by atoms with E-state index in [0.29, 0.717) is 54.6 Å². The first-order valence-corrected chi connectivity index (χ1v) is 9.49. The van der Waals surface area contributed by atoms with Crippen molar-refractivity contribution < 1.29 is 9.59 Å². The molecule has 1 N–H and O–H groups in total. The van der Waals surface area contributed by atoms with Crippen molar-refractivity contribution in [3.63, 3.8) is 0 Å². The average Bonchev–Trinajstić information content (AvgIpc) is 2.77. The fourth-order valence-electron chi connectivity index (χ4n) is 3.48. The summed E-state index contributed by atoms with van der Waals surface area (Å²) in [4.78, 5) is 39.5. The molecule has 4 rings (SSSR count). The third-order valence-corrected chi connectivity index (χ3v) is 6.01. The van der Waals surface area contributed by atoms with Crippen LogP contribution in [0, 0.1) is 0 Å². The Morgan fingerprint density at radius 2 is 1.96 bits per heavy atom. The fourth-order valence-corrected chi connectivity index (χ4v) is 3.91. The number of nitrogens with one attached hydrogen (secondary N) is 1. The molecular formula is C17H16BrClN4O3. The van der Waals surface area contributed by atoms with Crippen molar-refractivity contribution in [3.05, 3.63) is 55.1 Å². The van der Waals surface area contributed by atoms with Gasteiger partial charge in [0.25, 0.3) is 11.8 Å². The van der Waals surface area contributed by atoms with E-state index in [2.05, 4.69) is 21.2 Å². The van der Waals surface area contributed by atoms with Crippen LogP contribution in [0.1, 0.15) is 33.0 Å². The number of imidazole rings is 1. The molecule has 0 atom stereocenters. The van der Waals surface area contributed by atoms with Gasteiger partial charge < -0.3 is 10.2 Å². The van der Waals surface area contributed by atoms with Gasteiger partial charge in [0, 0.05) is 36.2 Å². The van der Waals surface area contributed by atoms with E-state index in [9.17, 15) is 14.4 Å². The minimum absolute atomic E-state index is 0.174. The Hall–Kier alpha value is -2.06. The lowest BCUT2D eigenvalue weighted by atomic mass is 10.1. The van der Waals surface area contributed by atoms with Gasteiger partial charge in [-0.25, -0.2) is 4.79 Å².